The van der Waals surface area contributed by atoms with Crippen molar-refractivity contribution in [3.8, 4) is 0 Å². The van der Waals surface area contributed by atoms with Crippen molar-refractivity contribution in [3.05, 3.63) is 65.7 Å². The fourth-order valence-electron chi connectivity index (χ4n) is 2.73. The molecule has 1 unspecified atom stereocenters. The van der Waals surface area contributed by atoms with Crippen LogP contribution in [0.4, 0.5) is 0 Å². The number of sulfonamides is 1. The van der Waals surface area contributed by atoms with E-state index in [-0.39, 0.29) is 17.7 Å². The molecule has 2 aromatic carbocycles. The van der Waals surface area contributed by atoms with Gasteiger partial charge < -0.3 is 10.4 Å². The number of aryl methyl sites for hydroxylation is 1. The van der Waals surface area contributed by atoms with E-state index in [9.17, 15) is 27.9 Å². The van der Waals surface area contributed by atoms with Crippen LogP contribution in [0.2, 0.25) is 0 Å². The Labute approximate surface area is 175 Å². The molecular formula is C21H24N2O6S. The van der Waals surface area contributed by atoms with E-state index in [0.717, 1.165) is 5.56 Å². The van der Waals surface area contributed by atoms with Gasteiger partial charge in [-0.05, 0) is 31.0 Å². The van der Waals surface area contributed by atoms with Crippen molar-refractivity contribution < 1.29 is 27.9 Å². The first kappa shape index (κ1) is 23.2. The topological polar surface area (TPSA) is 130 Å². The van der Waals surface area contributed by atoms with Crippen molar-refractivity contribution in [2.24, 2.45) is 0 Å². The number of ketones is 1. The molecule has 160 valence electrons. The van der Waals surface area contributed by atoms with E-state index < -0.39 is 39.8 Å². The van der Waals surface area contributed by atoms with Crippen LogP contribution >= 0.6 is 0 Å². The monoisotopic (exact) mass is 432 g/mol. The van der Waals surface area contributed by atoms with E-state index >= 15 is 0 Å². The standard InChI is InChI=1S/C21H24N2O6S/c1-3-17(23-30(28,29)16-11-9-14(2)10-12-16)19(24)20(25)22-18(21(26)27)13-15-7-5-4-6-8-15/h4-12,17-18,23H,3,13H2,1-2H3,(H,22,25)(H,26,27)/t17?,18-/m0/s1. The summed E-state index contributed by atoms with van der Waals surface area (Å²) in [6, 6.07) is 12.0. The van der Waals surface area contributed by atoms with Crippen LogP contribution in [0.1, 0.15) is 24.5 Å². The Hall–Kier alpha value is -3.04. The molecule has 0 aromatic heterocycles. The average Bonchev–Trinajstić information content (AvgIpc) is 2.72. The summed E-state index contributed by atoms with van der Waals surface area (Å²) in [4.78, 5) is 36.3. The highest BCUT2D eigenvalue weighted by atomic mass is 32.2. The number of amides is 1. The molecule has 0 saturated carbocycles. The number of carboxylic acids is 1. The number of hydrogen-bond acceptors (Lipinski definition) is 5. The van der Waals surface area contributed by atoms with Gasteiger partial charge in [0.25, 0.3) is 5.91 Å². The molecule has 0 aliphatic heterocycles. The van der Waals surface area contributed by atoms with Gasteiger partial charge in [-0.25, -0.2) is 17.9 Å². The zero-order chi connectivity index (χ0) is 22.3. The summed E-state index contributed by atoms with van der Waals surface area (Å²) in [5, 5.41) is 11.6. The van der Waals surface area contributed by atoms with Crippen molar-refractivity contribution in [3.63, 3.8) is 0 Å². The van der Waals surface area contributed by atoms with Gasteiger partial charge in [-0.15, -0.1) is 0 Å². The maximum Gasteiger partial charge on any atom is 0.326 e. The lowest BCUT2D eigenvalue weighted by molar-refractivity contribution is -0.144. The number of hydrogen-bond donors (Lipinski definition) is 3. The Morgan fingerprint density at radius 1 is 0.967 bits per heavy atom. The second-order valence-corrected chi connectivity index (χ2v) is 8.53. The molecular weight excluding hydrogens is 408 g/mol. The van der Waals surface area contributed by atoms with E-state index in [1.165, 1.54) is 12.1 Å². The molecule has 2 rings (SSSR count). The average molecular weight is 432 g/mol. The lowest BCUT2D eigenvalue weighted by atomic mass is 10.0. The number of rotatable bonds is 10. The summed E-state index contributed by atoms with van der Waals surface area (Å²) >= 11 is 0. The molecule has 0 fully saturated rings. The summed E-state index contributed by atoms with van der Waals surface area (Å²) in [5.74, 6) is -3.50. The second kappa shape index (κ2) is 10.1. The minimum absolute atomic E-state index is 0.0128. The Balaban J connectivity index is 2.10. The van der Waals surface area contributed by atoms with E-state index in [4.69, 9.17) is 0 Å². The molecule has 8 nitrogen and oxygen atoms in total. The number of carbonyl (C=O) groups excluding carboxylic acids is 2. The number of nitrogens with one attached hydrogen (secondary N) is 2. The van der Waals surface area contributed by atoms with Crippen molar-refractivity contribution in [2.45, 2.75) is 43.7 Å². The molecule has 30 heavy (non-hydrogen) atoms. The first-order valence-corrected chi connectivity index (χ1v) is 10.8. The number of benzene rings is 2. The molecule has 0 bridgehead atoms. The van der Waals surface area contributed by atoms with Crippen molar-refractivity contribution in [1.82, 2.24) is 10.0 Å². The van der Waals surface area contributed by atoms with Crippen LogP contribution < -0.4 is 10.0 Å². The minimum Gasteiger partial charge on any atom is -0.480 e. The smallest absolute Gasteiger partial charge is 0.326 e. The molecule has 0 aliphatic rings. The van der Waals surface area contributed by atoms with Gasteiger partial charge >= 0.3 is 5.97 Å². The zero-order valence-electron chi connectivity index (χ0n) is 16.7. The number of carboxylic acid groups (broad SMARTS) is 1. The third-order valence-electron chi connectivity index (χ3n) is 4.46. The lowest BCUT2D eigenvalue weighted by Gasteiger charge is -2.18. The lowest BCUT2D eigenvalue weighted by Crippen LogP contribution is -2.51. The van der Waals surface area contributed by atoms with Gasteiger partial charge in [-0.2, -0.15) is 0 Å². The second-order valence-electron chi connectivity index (χ2n) is 6.81. The summed E-state index contributed by atoms with van der Waals surface area (Å²) in [6.45, 7) is 3.35. The van der Waals surface area contributed by atoms with Crippen molar-refractivity contribution >= 4 is 27.7 Å². The molecule has 1 amide bonds. The van der Waals surface area contributed by atoms with E-state index in [1.807, 2.05) is 0 Å². The van der Waals surface area contributed by atoms with Crippen molar-refractivity contribution in [2.75, 3.05) is 0 Å². The summed E-state index contributed by atoms with van der Waals surface area (Å²) in [7, 11) is -4.03. The highest BCUT2D eigenvalue weighted by Gasteiger charge is 2.31. The van der Waals surface area contributed by atoms with Gasteiger partial charge in [-0.3, -0.25) is 9.59 Å². The fourth-order valence-corrected chi connectivity index (χ4v) is 4.01. The molecule has 0 radical (unpaired) electrons. The third-order valence-corrected chi connectivity index (χ3v) is 5.95. The first-order chi connectivity index (χ1) is 14.1. The van der Waals surface area contributed by atoms with Gasteiger partial charge in [0.1, 0.15) is 6.04 Å². The van der Waals surface area contributed by atoms with E-state index in [0.29, 0.717) is 5.56 Å². The molecule has 0 saturated heterocycles. The Morgan fingerprint density at radius 3 is 2.10 bits per heavy atom. The predicted molar refractivity (Wildman–Crippen MR) is 110 cm³/mol. The normalized spacial score (nSPS) is 13.3. The van der Waals surface area contributed by atoms with Gasteiger partial charge in [-0.1, -0.05) is 55.0 Å². The zero-order valence-corrected chi connectivity index (χ0v) is 17.5. The maximum absolute atomic E-state index is 12.5. The molecule has 3 N–H and O–H groups in total. The predicted octanol–water partition coefficient (Wildman–Crippen LogP) is 1.43. The van der Waals surface area contributed by atoms with Gasteiger partial charge in [0.15, 0.2) is 0 Å². The van der Waals surface area contributed by atoms with E-state index in [1.54, 1.807) is 56.3 Å². The molecule has 0 aliphatic carbocycles. The highest BCUT2D eigenvalue weighted by molar-refractivity contribution is 7.89. The Morgan fingerprint density at radius 2 is 1.57 bits per heavy atom. The van der Waals surface area contributed by atoms with Crippen LogP contribution in [0.3, 0.4) is 0 Å². The largest absolute Gasteiger partial charge is 0.480 e. The maximum atomic E-state index is 12.5. The molecule has 2 aromatic rings. The Bertz CT molecular complexity index is 1000. The molecule has 9 heteroatoms. The molecule has 0 heterocycles. The van der Waals surface area contributed by atoms with Crippen LogP contribution in [0.15, 0.2) is 59.5 Å². The van der Waals surface area contributed by atoms with Crippen LogP contribution in [-0.2, 0) is 30.8 Å². The van der Waals surface area contributed by atoms with E-state index in [2.05, 4.69) is 10.0 Å². The van der Waals surface area contributed by atoms with Crippen molar-refractivity contribution in [1.29, 1.82) is 0 Å². The van der Waals surface area contributed by atoms with Gasteiger partial charge in [0.05, 0.1) is 10.9 Å². The third kappa shape index (κ3) is 6.23. The number of carbonyl (C=O) groups is 3. The van der Waals surface area contributed by atoms with Crippen LogP contribution in [0, 0.1) is 6.92 Å². The van der Waals surface area contributed by atoms with Crippen LogP contribution in [0.5, 0.6) is 0 Å². The van der Waals surface area contributed by atoms with Gasteiger partial charge in [0, 0.05) is 6.42 Å². The number of Topliss-reactive ketones (excluding diaryl/α,β-unsaturated/α-hetero) is 1. The van der Waals surface area contributed by atoms with Crippen LogP contribution in [0.25, 0.3) is 0 Å². The SMILES string of the molecule is CCC(NS(=O)(=O)c1ccc(C)cc1)C(=O)C(=O)N[C@@H](Cc1ccccc1)C(=O)O. The quantitative estimate of drug-likeness (QED) is 0.487. The minimum atomic E-state index is -4.03. The summed E-state index contributed by atoms with van der Waals surface area (Å²) in [6.07, 6.45) is 0.00878. The summed E-state index contributed by atoms with van der Waals surface area (Å²) in [5.41, 5.74) is 1.54. The first-order valence-electron chi connectivity index (χ1n) is 9.34. The number of aliphatic carboxylic acids is 1. The summed E-state index contributed by atoms with van der Waals surface area (Å²) < 4.78 is 27.3. The molecule has 2 atom stereocenters. The fraction of sp³-hybridized carbons (Fsp3) is 0.286. The Kier molecular flexibility index (Phi) is 7.85. The highest BCUT2D eigenvalue weighted by Crippen LogP contribution is 2.12. The van der Waals surface area contributed by atoms with Crippen LogP contribution in [-0.4, -0.2) is 43.3 Å². The van der Waals surface area contributed by atoms with Gasteiger partial charge in [0.2, 0.25) is 15.8 Å². The molecule has 0 spiro atoms.